The molecule has 1 saturated heterocycles. The maximum Gasteiger partial charge on any atom is 0.273 e. The van der Waals surface area contributed by atoms with Crippen molar-refractivity contribution in [3.8, 4) is 9.88 Å². The summed E-state index contributed by atoms with van der Waals surface area (Å²) in [5, 5.41) is 12.5. The Morgan fingerprint density at radius 1 is 1.17 bits per heavy atom. The van der Waals surface area contributed by atoms with Gasteiger partial charge in [0, 0.05) is 24.5 Å². The van der Waals surface area contributed by atoms with E-state index in [4.69, 9.17) is 0 Å². The van der Waals surface area contributed by atoms with Gasteiger partial charge in [-0.15, -0.1) is 32.9 Å². The number of carbonyl (C=O) groups is 1. The summed E-state index contributed by atoms with van der Waals surface area (Å²) in [6.45, 7) is 1.49. The van der Waals surface area contributed by atoms with Gasteiger partial charge in [0.05, 0.1) is 4.88 Å². The molecule has 3 aromatic heterocycles. The van der Waals surface area contributed by atoms with Crippen LogP contribution in [0.2, 0.25) is 0 Å². The Morgan fingerprint density at radius 3 is 2.65 bits per heavy atom. The first kappa shape index (κ1) is 14.5. The lowest BCUT2D eigenvalue weighted by molar-refractivity contribution is 0.0689. The quantitative estimate of drug-likeness (QED) is 0.732. The number of thiophene rings is 1. The highest BCUT2D eigenvalue weighted by molar-refractivity contribution is 7.20. The Balaban J connectivity index is 1.42. The number of rotatable bonds is 3. The van der Waals surface area contributed by atoms with Gasteiger partial charge in [0.15, 0.2) is 0 Å². The number of piperidine rings is 1. The summed E-state index contributed by atoms with van der Waals surface area (Å²) >= 11 is 3.17. The highest BCUT2D eigenvalue weighted by Gasteiger charge is 2.26. The molecule has 1 aliphatic heterocycles. The van der Waals surface area contributed by atoms with Gasteiger partial charge in [0.25, 0.3) is 5.91 Å². The Morgan fingerprint density at radius 2 is 1.96 bits per heavy atom. The second-order valence-corrected chi connectivity index (χ2v) is 7.25. The number of carbonyl (C=O) groups excluding carboxylic acids is 1. The van der Waals surface area contributed by atoms with Gasteiger partial charge >= 0.3 is 0 Å². The number of hydrogen-bond donors (Lipinski definition) is 0. The maximum absolute atomic E-state index is 12.6. The van der Waals surface area contributed by atoms with Crippen molar-refractivity contribution in [1.82, 2.24) is 24.6 Å². The fraction of sp³-hybridized carbons (Fsp3) is 0.333. The van der Waals surface area contributed by atoms with Crippen molar-refractivity contribution >= 4 is 28.6 Å². The van der Waals surface area contributed by atoms with Crippen molar-refractivity contribution in [3.63, 3.8) is 0 Å². The summed E-state index contributed by atoms with van der Waals surface area (Å²) in [6, 6.07) is 4.41. The van der Waals surface area contributed by atoms with Crippen molar-refractivity contribution in [2.45, 2.75) is 18.9 Å². The van der Waals surface area contributed by atoms with Crippen LogP contribution < -0.4 is 0 Å². The second kappa shape index (κ2) is 6.21. The van der Waals surface area contributed by atoms with Crippen LogP contribution in [-0.4, -0.2) is 43.6 Å². The monoisotopic (exact) mass is 345 g/mol. The van der Waals surface area contributed by atoms with E-state index in [2.05, 4.69) is 15.2 Å². The topological polar surface area (TPSA) is 63.9 Å². The number of amides is 1. The molecule has 118 valence electrons. The zero-order chi connectivity index (χ0) is 15.6. The average molecular weight is 345 g/mol. The molecule has 0 radical (unpaired) electrons. The van der Waals surface area contributed by atoms with Gasteiger partial charge in [-0.05, 0) is 24.3 Å². The zero-order valence-corrected chi connectivity index (χ0v) is 14.0. The lowest BCUT2D eigenvalue weighted by Gasteiger charge is -2.31. The zero-order valence-electron chi connectivity index (χ0n) is 12.3. The van der Waals surface area contributed by atoms with E-state index in [1.54, 1.807) is 24.0 Å². The number of likely N-dealkylation sites (tertiary alicyclic amines) is 1. The van der Waals surface area contributed by atoms with Crippen LogP contribution in [0.1, 0.15) is 29.4 Å². The summed E-state index contributed by atoms with van der Waals surface area (Å²) < 4.78 is 2.03. The van der Waals surface area contributed by atoms with Crippen LogP contribution in [0.15, 0.2) is 35.5 Å². The molecule has 0 saturated carbocycles. The summed E-state index contributed by atoms with van der Waals surface area (Å²) in [7, 11) is 0. The molecule has 6 nitrogen and oxygen atoms in total. The molecular weight excluding hydrogens is 330 g/mol. The Kier molecular flexibility index (Phi) is 3.92. The van der Waals surface area contributed by atoms with Gasteiger partial charge in [-0.1, -0.05) is 6.07 Å². The van der Waals surface area contributed by atoms with Gasteiger partial charge < -0.3 is 9.47 Å². The highest BCUT2D eigenvalue weighted by Crippen LogP contribution is 2.29. The Labute approximate surface area is 141 Å². The minimum atomic E-state index is 0.0336. The van der Waals surface area contributed by atoms with E-state index in [-0.39, 0.29) is 5.91 Å². The third-order valence-electron chi connectivity index (χ3n) is 4.07. The maximum atomic E-state index is 12.6. The Bertz CT molecular complexity index is 773. The van der Waals surface area contributed by atoms with E-state index in [1.807, 2.05) is 32.4 Å². The summed E-state index contributed by atoms with van der Waals surface area (Å²) in [5.41, 5.74) is 0.557. The minimum absolute atomic E-state index is 0.0336. The molecule has 1 aliphatic rings. The molecule has 0 aromatic carbocycles. The normalized spacial score (nSPS) is 15.9. The summed E-state index contributed by atoms with van der Waals surface area (Å²) in [5.74, 6) is 0.0336. The standard InChI is InChI=1S/C15H15N5OS2/c21-15(12-8-23-14(18-12)13-2-1-7-22-13)19-5-3-11(4-6-19)20-9-16-17-10-20/h1-2,7-11H,3-6H2. The molecular formula is C15H15N5OS2. The van der Waals surface area contributed by atoms with Crippen LogP contribution in [-0.2, 0) is 0 Å². The number of aromatic nitrogens is 4. The predicted octanol–water partition coefficient (Wildman–Crippen LogP) is 2.94. The van der Waals surface area contributed by atoms with Gasteiger partial charge in [-0.3, -0.25) is 4.79 Å². The lowest BCUT2D eigenvalue weighted by Crippen LogP contribution is -2.39. The third kappa shape index (κ3) is 2.91. The van der Waals surface area contributed by atoms with E-state index < -0.39 is 0 Å². The fourth-order valence-electron chi connectivity index (χ4n) is 2.81. The second-order valence-electron chi connectivity index (χ2n) is 5.45. The summed E-state index contributed by atoms with van der Waals surface area (Å²) in [4.78, 5) is 20.1. The van der Waals surface area contributed by atoms with E-state index in [0.29, 0.717) is 11.7 Å². The number of thiazole rings is 1. The van der Waals surface area contributed by atoms with Gasteiger partial charge in [-0.2, -0.15) is 0 Å². The van der Waals surface area contributed by atoms with Crippen LogP contribution in [0, 0.1) is 0 Å². The molecule has 0 N–H and O–H groups in total. The van der Waals surface area contributed by atoms with Crippen LogP contribution in [0.4, 0.5) is 0 Å². The van der Waals surface area contributed by atoms with Crippen LogP contribution in [0.3, 0.4) is 0 Å². The molecule has 0 unspecified atom stereocenters. The predicted molar refractivity (Wildman–Crippen MR) is 89.6 cm³/mol. The smallest absolute Gasteiger partial charge is 0.273 e. The van der Waals surface area contributed by atoms with Crippen molar-refractivity contribution < 1.29 is 4.79 Å². The molecule has 0 spiro atoms. The minimum Gasteiger partial charge on any atom is -0.337 e. The number of hydrogen-bond acceptors (Lipinski definition) is 6. The molecule has 8 heteroatoms. The molecule has 0 aliphatic carbocycles. The van der Waals surface area contributed by atoms with E-state index in [9.17, 15) is 4.79 Å². The third-order valence-corrected chi connectivity index (χ3v) is 5.95. The first-order chi connectivity index (χ1) is 11.3. The molecule has 3 aromatic rings. The van der Waals surface area contributed by atoms with Crippen LogP contribution in [0.5, 0.6) is 0 Å². The molecule has 0 atom stereocenters. The largest absolute Gasteiger partial charge is 0.337 e. The fourth-order valence-corrected chi connectivity index (χ4v) is 4.42. The highest BCUT2D eigenvalue weighted by atomic mass is 32.1. The van der Waals surface area contributed by atoms with Crippen LogP contribution >= 0.6 is 22.7 Å². The molecule has 4 rings (SSSR count). The van der Waals surface area contributed by atoms with E-state index in [0.717, 1.165) is 35.8 Å². The average Bonchev–Trinajstić information content (AvgIpc) is 3.36. The molecule has 0 bridgehead atoms. The van der Waals surface area contributed by atoms with E-state index in [1.165, 1.54) is 11.3 Å². The Hall–Kier alpha value is -2.06. The van der Waals surface area contributed by atoms with Crippen molar-refractivity contribution in [3.05, 3.63) is 41.2 Å². The molecule has 4 heterocycles. The molecule has 23 heavy (non-hydrogen) atoms. The van der Waals surface area contributed by atoms with Gasteiger partial charge in [-0.25, -0.2) is 4.98 Å². The van der Waals surface area contributed by atoms with E-state index >= 15 is 0 Å². The SMILES string of the molecule is O=C(c1csc(-c2cccs2)n1)N1CCC(n2cnnc2)CC1. The van der Waals surface area contributed by atoms with Gasteiger partial charge in [0.2, 0.25) is 0 Å². The molecule has 1 amide bonds. The van der Waals surface area contributed by atoms with Crippen molar-refractivity contribution in [2.75, 3.05) is 13.1 Å². The first-order valence-electron chi connectivity index (χ1n) is 7.44. The number of nitrogens with zero attached hydrogens (tertiary/aromatic N) is 5. The van der Waals surface area contributed by atoms with Gasteiger partial charge in [0.1, 0.15) is 23.4 Å². The summed E-state index contributed by atoms with van der Waals surface area (Å²) in [6.07, 6.45) is 5.34. The van der Waals surface area contributed by atoms with Crippen molar-refractivity contribution in [1.29, 1.82) is 0 Å². The lowest BCUT2D eigenvalue weighted by atomic mass is 10.0. The first-order valence-corrected chi connectivity index (χ1v) is 9.20. The van der Waals surface area contributed by atoms with Crippen molar-refractivity contribution in [2.24, 2.45) is 0 Å². The van der Waals surface area contributed by atoms with Crippen LogP contribution in [0.25, 0.3) is 9.88 Å². The molecule has 1 fully saturated rings.